The van der Waals surface area contributed by atoms with E-state index in [4.69, 9.17) is 16.3 Å². The number of ketones is 1. The van der Waals surface area contributed by atoms with E-state index < -0.39 is 11.4 Å². The van der Waals surface area contributed by atoms with Crippen molar-refractivity contribution in [2.75, 3.05) is 6.61 Å². The van der Waals surface area contributed by atoms with Crippen LogP contribution in [0.2, 0.25) is 5.15 Å². The molecule has 2 aromatic rings. The molecule has 122 valence electrons. The smallest absolute Gasteiger partial charge is 0.343 e. The minimum atomic E-state index is -0.646. The average Bonchev–Trinajstić information content (AvgIpc) is 2.79. The Morgan fingerprint density at radius 1 is 1.22 bits per heavy atom. The van der Waals surface area contributed by atoms with E-state index in [9.17, 15) is 9.59 Å². The van der Waals surface area contributed by atoms with Gasteiger partial charge in [-0.3, -0.25) is 4.79 Å². The van der Waals surface area contributed by atoms with E-state index in [0.29, 0.717) is 5.69 Å². The Bertz CT molecular complexity index is 730. The Morgan fingerprint density at radius 3 is 2.39 bits per heavy atom. The zero-order valence-electron chi connectivity index (χ0n) is 13.6. The SMILES string of the molecule is Cc1nn(-c2ccccc2)c(Cl)c1C(=O)OCC(=O)C(C)(C)C. The number of esters is 1. The summed E-state index contributed by atoms with van der Waals surface area (Å²) in [7, 11) is 0. The lowest BCUT2D eigenvalue weighted by atomic mass is 9.91. The van der Waals surface area contributed by atoms with Gasteiger partial charge in [0, 0.05) is 5.41 Å². The van der Waals surface area contributed by atoms with Crippen molar-refractivity contribution in [2.45, 2.75) is 27.7 Å². The molecule has 0 saturated heterocycles. The van der Waals surface area contributed by atoms with Crippen molar-refractivity contribution in [3.63, 3.8) is 0 Å². The first-order chi connectivity index (χ1) is 10.7. The average molecular weight is 335 g/mol. The highest BCUT2D eigenvalue weighted by atomic mass is 35.5. The van der Waals surface area contributed by atoms with Gasteiger partial charge in [-0.25, -0.2) is 9.48 Å². The highest BCUT2D eigenvalue weighted by Gasteiger charge is 2.26. The van der Waals surface area contributed by atoms with Crippen molar-refractivity contribution in [3.8, 4) is 5.69 Å². The topological polar surface area (TPSA) is 61.2 Å². The maximum absolute atomic E-state index is 12.3. The Balaban J connectivity index is 2.22. The van der Waals surface area contributed by atoms with Crippen LogP contribution in [0.4, 0.5) is 0 Å². The first-order valence-electron chi connectivity index (χ1n) is 7.23. The maximum Gasteiger partial charge on any atom is 0.343 e. The third-order valence-corrected chi connectivity index (χ3v) is 3.73. The Labute approximate surface area is 140 Å². The molecule has 0 fully saturated rings. The van der Waals surface area contributed by atoms with Gasteiger partial charge in [-0.15, -0.1) is 0 Å². The first-order valence-corrected chi connectivity index (χ1v) is 7.60. The minimum absolute atomic E-state index is 0.157. The molecule has 0 saturated carbocycles. The van der Waals surface area contributed by atoms with E-state index in [1.807, 2.05) is 30.3 Å². The molecule has 0 bridgehead atoms. The number of Topliss-reactive ketones (excluding diaryl/α,β-unsaturated/α-hetero) is 1. The quantitative estimate of drug-likeness (QED) is 0.801. The second-order valence-corrected chi connectivity index (χ2v) is 6.61. The molecular formula is C17H19ClN2O3. The van der Waals surface area contributed by atoms with Gasteiger partial charge >= 0.3 is 5.97 Å². The third kappa shape index (κ3) is 3.79. The monoisotopic (exact) mass is 334 g/mol. The lowest BCUT2D eigenvalue weighted by Gasteiger charge is -2.16. The van der Waals surface area contributed by atoms with E-state index in [1.165, 1.54) is 4.68 Å². The molecule has 5 nitrogen and oxygen atoms in total. The van der Waals surface area contributed by atoms with Gasteiger partial charge in [-0.05, 0) is 19.1 Å². The van der Waals surface area contributed by atoms with Crippen molar-refractivity contribution in [3.05, 3.63) is 46.7 Å². The van der Waals surface area contributed by atoms with Crippen molar-refractivity contribution in [1.82, 2.24) is 9.78 Å². The van der Waals surface area contributed by atoms with Crippen LogP contribution < -0.4 is 0 Å². The van der Waals surface area contributed by atoms with E-state index in [1.54, 1.807) is 27.7 Å². The number of hydrogen-bond donors (Lipinski definition) is 0. The van der Waals surface area contributed by atoms with Crippen molar-refractivity contribution in [2.24, 2.45) is 5.41 Å². The Morgan fingerprint density at radius 2 is 1.83 bits per heavy atom. The number of halogens is 1. The fourth-order valence-electron chi connectivity index (χ4n) is 1.89. The number of aromatic nitrogens is 2. The Hall–Kier alpha value is -2.14. The molecule has 0 spiro atoms. The summed E-state index contributed by atoms with van der Waals surface area (Å²) in [4.78, 5) is 24.1. The van der Waals surface area contributed by atoms with Gasteiger partial charge in [-0.1, -0.05) is 50.6 Å². The number of carbonyl (C=O) groups excluding carboxylic acids is 2. The molecule has 2 rings (SSSR count). The van der Waals surface area contributed by atoms with Crippen molar-refractivity contribution in [1.29, 1.82) is 0 Å². The summed E-state index contributed by atoms with van der Waals surface area (Å²) in [6, 6.07) is 9.24. The first kappa shape index (κ1) is 17.2. The van der Waals surface area contributed by atoms with Crippen LogP contribution >= 0.6 is 11.6 Å². The largest absolute Gasteiger partial charge is 0.454 e. The fourth-order valence-corrected chi connectivity index (χ4v) is 2.24. The normalized spacial score (nSPS) is 11.3. The molecule has 0 unspecified atom stereocenters. The number of hydrogen-bond acceptors (Lipinski definition) is 4. The molecule has 6 heteroatoms. The van der Waals surface area contributed by atoms with E-state index >= 15 is 0 Å². The van der Waals surface area contributed by atoms with Crippen LogP contribution in [-0.2, 0) is 9.53 Å². The highest BCUT2D eigenvalue weighted by Crippen LogP contribution is 2.24. The van der Waals surface area contributed by atoms with E-state index in [0.717, 1.165) is 5.69 Å². The molecule has 1 aromatic carbocycles. The molecule has 0 radical (unpaired) electrons. The number of rotatable bonds is 4. The van der Waals surface area contributed by atoms with Crippen molar-refractivity contribution < 1.29 is 14.3 Å². The van der Waals surface area contributed by atoms with Crippen molar-refractivity contribution >= 4 is 23.4 Å². The second kappa shape index (κ2) is 6.54. The summed E-state index contributed by atoms with van der Waals surface area (Å²) in [6.07, 6.45) is 0. The van der Waals surface area contributed by atoms with E-state index in [2.05, 4.69) is 5.10 Å². The molecular weight excluding hydrogens is 316 g/mol. The Kier molecular flexibility index (Phi) is 4.90. The van der Waals surface area contributed by atoms with Gasteiger partial charge in [0.1, 0.15) is 10.7 Å². The summed E-state index contributed by atoms with van der Waals surface area (Å²) in [5, 5.41) is 4.44. The van der Waals surface area contributed by atoms with Crippen LogP contribution in [0.5, 0.6) is 0 Å². The van der Waals surface area contributed by atoms with Crippen LogP contribution in [0.15, 0.2) is 30.3 Å². The number of ether oxygens (including phenoxy) is 1. The van der Waals surface area contributed by atoms with Gasteiger partial charge in [0.25, 0.3) is 0 Å². The maximum atomic E-state index is 12.3. The van der Waals surface area contributed by atoms with Gasteiger partial charge in [0.2, 0.25) is 0 Å². The lowest BCUT2D eigenvalue weighted by molar-refractivity contribution is -0.129. The standard InChI is InChI=1S/C17H19ClN2O3/c1-11-14(16(22)23-10-13(21)17(2,3)4)15(18)20(19-11)12-8-6-5-7-9-12/h5-9H,10H2,1-4H3. The molecule has 0 atom stereocenters. The zero-order valence-corrected chi connectivity index (χ0v) is 14.3. The molecule has 0 amide bonds. The molecule has 1 heterocycles. The molecule has 23 heavy (non-hydrogen) atoms. The number of nitrogens with zero attached hydrogens (tertiary/aromatic N) is 2. The molecule has 0 aliphatic rings. The molecule has 0 aliphatic carbocycles. The summed E-state index contributed by atoms with van der Waals surface area (Å²) in [5.41, 5.74) is 0.808. The van der Waals surface area contributed by atoms with E-state index in [-0.39, 0.29) is 23.1 Å². The van der Waals surface area contributed by atoms with Crippen LogP contribution in [0, 0.1) is 12.3 Å². The molecule has 0 aliphatic heterocycles. The number of benzene rings is 1. The predicted molar refractivity (Wildman–Crippen MR) is 88.1 cm³/mol. The second-order valence-electron chi connectivity index (χ2n) is 6.25. The van der Waals surface area contributed by atoms with Gasteiger partial charge < -0.3 is 4.74 Å². The summed E-state index contributed by atoms with van der Waals surface area (Å²) < 4.78 is 6.57. The predicted octanol–water partition coefficient (Wildman–Crippen LogP) is 3.61. The fraction of sp³-hybridized carbons (Fsp3) is 0.353. The van der Waals surface area contributed by atoms with Crippen LogP contribution in [-0.4, -0.2) is 28.1 Å². The number of carbonyl (C=O) groups is 2. The number of aryl methyl sites for hydroxylation is 1. The lowest BCUT2D eigenvalue weighted by Crippen LogP contribution is -2.26. The van der Waals surface area contributed by atoms with Gasteiger partial charge in [0.15, 0.2) is 12.4 Å². The summed E-state index contributed by atoms with van der Waals surface area (Å²) in [5.74, 6) is -0.803. The van der Waals surface area contributed by atoms with Crippen LogP contribution in [0.3, 0.4) is 0 Å². The van der Waals surface area contributed by atoms with Crippen LogP contribution in [0.25, 0.3) is 5.69 Å². The number of para-hydroxylation sites is 1. The summed E-state index contributed by atoms with van der Waals surface area (Å²) in [6.45, 7) is 6.71. The minimum Gasteiger partial charge on any atom is -0.454 e. The summed E-state index contributed by atoms with van der Waals surface area (Å²) >= 11 is 6.28. The van der Waals surface area contributed by atoms with Gasteiger partial charge in [-0.2, -0.15) is 5.10 Å². The van der Waals surface area contributed by atoms with Gasteiger partial charge in [0.05, 0.1) is 11.4 Å². The third-order valence-electron chi connectivity index (χ3n) is 3.38. The van der Waals surface area contributed by atoms with Crippen LogP contribution in [0.1, 0.15) is 36.8 Å². The highest BCUT2D eigenvalue weighted by molar-refractivity contribution is 6.33. The zero-order chi connectivity index (χ0) is 17.2. The molecule has 1 aromatic heterocycles. The molecule has 0 N–H and O–H groups in total.